The minimum absolute atomic E-state index is 0.0674. The lowest BCUT2D eigenvalue weighted by atomic mass is 10.2. The van der Waals surface area contributed by atoms with Crippen molar-refractivity contribution in [3.63, 3.8) is 0 Å². The smallest absolute Gasteiger partial charge is 0.337 e. The fraction of sp³-hybridized carbons (Fsp3) is 0.154. The molecule has 21 heavy (non-hydrogen) atoms. The zero-order valence-corrected chi connectivity index (χ0v) is 11.9. The van der Waals surface area contributed by atoms with Crippen molar-refractivity contribution in [2.75, 3.05) is 12.4 Å². The number of carbonyl (C=O) groups is 2. The number of hydrogen-bond donors (Lipinski definition) is 3. The topological polar surface area (TPSA) is 98.3 Å². The Morgan fingerprint density at radius 1 is 1.48 bits per heavy atom. The Morgan fingerprint density at radius 2 is 2.24 bits per heavy atom. The summed E-state index contributed by atoms with van der Waals surface area (Å²) in [5.41, 5.74) is 0.116. The molecule has 0 aliphatic carbocycles. The van der Waals surface area contributed by atoms with E-state index in [9.17, 15) is 9.59 Å². The quantitative estimate of drug-likeness (QED) is 0.807. The molecule has 0 bridgehead atoms. The van der Waals surface area contributed by atoms with Crippen molar-refractivity contribution in [1.82, 2.24) is 14.9 Å². The maximum absolute atomic E-state index is 12.0. The van der Waals surface area contributed by atoms with E-state index in [0.717, 1.165) is 0 Å². The fourth-order valence-electron chi connectivity index (χ4n) is 1.69. The van der Waals surface area contributed by atoms with Crippen molar-refractivity contribution < 1.29 is 14.7 Å². The van der Waals surface area contributed by atoms with Gasteiger partial charge in [-0.05, 0) is 18.2 Å². The van der Waals surface area contributed by atoms with Crippen LogP contribution in [-0.2, 0) is 6.54 Å². The van der Waals surface area contributed by atoms with Gasteiger partial charge in [-0.3, -0.25) is 0 Å². The van der Waals surface area contributed by atoms with Crippen molar-refractivity contribution in [1.29, 1.82) is 0 Å². The van der Waals surface area contributed by atoms with Gasteiger partial charge < -0.3 is 20.3 Å². The number of carboxylic acid groups (broad SMARTS) is 1. The van der Waals surface area contributed by atoms with E-state index in [1.807, 2.05) is 0 Å². The number of nitrogens with zero attached hydrogens (tertiary/aromatic N) is 2. The fourth-order valence-corrected chi connectivity index (χ4v) is 1.87. The summed E-state index contributed by atoms with van der Waals surface area (Å²) >= 11 is 5.76. The molecule has 2 rings (SSSR count). The van der Waals surface area contributed by atoms with Gasteiger partial charge in [0.2, 0.25) is 0 Å². The van der Waals surface area contributed by atoms with Crippen molar-refractivity contribution in [3.05, 3.63) is 47.0 Å². The van der Waals surface area contributed by atoms with Gasteiger partial charge in [0, 0.05) is 24.5 Å². The van der Waals surface area contributed by atoms with Gasteiger partial charge in [-0.1, -0.05) is 11.6 Å². The van der Waals surface area contributed by atoms with Crippen molar-refractivity contribution in [3.8, 4) is 0 Å². The Hall–Kier alpha value is -2.54. The molecule has 0 aliphatic rings. The van der Waals surface area contributed by atoms with E-state index < -0.39 is 12.0 Å². The summed E-state index contributed by atoms with van der Waals surface area (Å²) in [4.78, 5) is 31.5. The molecule has 0 spiro atoms. The number of benzene rings is 1. The van der Waals surface area contributed by atoms with Crippen LogP contribution in [0.5, 0.6) is 0 Å². The molecular weight excluding hydrogens is 296 g/mol. The van der Waals surface area contributed by atoms with Crippen LogP contribution in [0.4, 0.5) is 10.5 Å². The normalized spacial score (nSPS) is 10.2. The van der Waals surface area contributed by atoms with Crippen molar-refractivity contribution in [2.45, 2.75) is 6.54 Å². The predicted molar refractivity (Wildman–Crippen MR) is 77.5 cm³/mol. The van der Waals surface area contributed by atoms with Crippen LogP contribution in [0.25, 0.3) is 0 Å². The zero-order valence-electron chi connectivity index (χ0n) is 11.1. The lowest BCUT2D eigenvalue weighted by molar-refractivity contribution is 0.0698. The number of H-pyrrole nitrogens is 1. The van der Waals surface area contributed by atoms with Crippen LogP contribution in [0.1, 0.15) is 16.2 Å². The Bertz CT molecular complexity index is 657. The van der Waals surface area contributed by atoms with Crippen LogP contribution in [-0.4, -0.2) is 39.0 Å². The van der Waals surface area contributed by atoms with Gasteiger partial charge in [-0.15, -0.1) is 0 Å². The van der Waals surface area contributed by atoms with Crippen molar-refractivity contribution >= 4 is 29.3 Å². The lowest BCUT2D eigenvalue weighted by Crippen LogP contribution is -2.31. The van der Waals surface area contributed by atoms with Gasteiger partial charge in [0.15, 0.2) is 0 Å². The number of aromatic nitrogens is 2. The molecule has 110 valence electrons. The Labute approximate surface area is 125 Å². The molecule has 0 saturated heterocycles. The molecule has 1 heterocycles. The third kappa shape index (κ3) is 3.73. The van der Waals surface area contributed by atoms with Gasteiger partial charge in [0.25, 0.3) is 0 Å². The molecule has 8 heteroatoms. The van der Waals surface area contributed by atoms with Crippen LogP contribution >= 0.6 is 11.6 Å². The van der Waals surface area contributed by atoms with E-state index in [0.29, 0.717) is 5.82 Å². The van der Waals surface area contributed by atoms with Gasteiger partial charge in [-0.2, -0.15) is 0 Å². The second kappa shape index (κ2) is 6.27. The first-order valence-corrected chi connectivity index (χ1v) is 6.38. The molecule has 3 N–H and O–H groups in total. The number of imidazole rings is 1. The zero-order chi connectivity index (χ0) is 15.4. The van der Waals surface area contributed by atoms with E-state index in [2.05, 4.69) is 15.3 Å². The van der Waals surface area contributed by atoms with Crippen LogP contribution in [0.2, 0.25) is 5.02 Å². The van der Waals surface area contributed by atoms with Gasteiger partial charge in [0.05, 0.1) is 17.8 Å². The SMILES string of the molecule is CN(Cc1ncc[nH]1)C(=O)Nc1ccc(Cl)cc1C(=O)O. The number of halogens is 1. The maximum Gasteiger partial charge on any atom is 0.337 e. The van der Waals surface area contributed by atoms with Crippen LogP contribution in [0, 0.1) is 0 Å². The summed E-state index contributed by atoms with van der Waals surface area (Å²) < 4.78 is 0. The highest BCUT2D eigenvalue weighted by molar-refractivity contribution is 6.31. The number of aromatic carboxylic acids is 1. The Balaban J connectivity index is 2.10. The number of carboxylic acids is 1. The number of hydrogen-bond acceptors (Lipinski definition) is 3. The predicted octanol–water partition coefficient (Wildman–Crippen LogP) is 2.43. The van der Waals surface area contributed by atoms with E-state index in [-0.39, 0.29) is 22.8 Å². The van der Waals surface area contributed by atoms with Crippen LogP contribution < -0.4 is 5.32 Å². The number of urea groups is 1. The third-order valence-electron chi connectivity index (χ3n) is 2.74. The van der Waals surface area contributed by atoms with E-state index in [1.165, 1.54) is 23.1 Å². The summed E-state index contributed by atoms with van der Waals surface area (Å²) in [6.45, 7) is 0.273. The Kier molecular flexibility index (Phi) is 4.44. The van der Waals surface area contributed by atoms with Gasteiger partial charge >= 0.3 is 12.0 Å². The molecule has 0 saturated carbocycles. The molecule has 7 nitrogen and oxygen atoms in total. The summed E-state index contributed by atoms with van der Waals surface area (Å²) in [6.07, 6.45) is 3.24. The molecule has 1 aromatic heterocycles. The van der Waals surface area contributed by atoms with Crippen molar-refractivity contribution in [2.24, 2.45) is 0 Å². The number of anilines is 1. The van der Waals surface area contributed by atoms with Gasteiger partial charge in [0.1, 0.15) is 5.82 Å². The summed E-state index contributed by atoms with van der Waals surface area (Å²) in [6, 6.07) is 3.79. The molecule has 0 atom stereocenters. The minimum Gasteiger partial charge on any atom is -0.478 e. The summed E-state index contributed by atoms with van der Waals surface area (Å²) in [5.74, 6) is -0.538. The molecule has 1 aromatic carbocycles. The number of amides is 2. The molecule has 0 aliphatic heterocycles. The molecule has 0 fully saturated rings. The van der Waals surface area contributed by atoms with E-state index in [4.69, 9.17) is 16.7 Å². The van der Waals surface area contributed by atoms with Gasteiger partial charge in [-0.25, -0.2) is 14.6 Å². The van der Waals surface area contributed by atoms with E-state index in [1.54, 1.807) is 19.4 Å². The minimum atomic E-state index is -1.17. The molecule has 2 aromatic rings. The Morgan fingerprint density at radius 3 is 2.86 bits per heavy atom. The third-order valence-corrected chi connectivity index (χ3v) is 2.98. The second-order valence-corrected chi connectivity index (χ2v) is 4.75. The monoisotopic (exact) mass is 308 g/mol. The van der Waals surface area contributed by atoms with Crippen LogP contribution in [0.3, 0.4) is 0 Å². The lowest BCUT2D eigenvalue weighted by Gasteiger charge is -2.17. The van der Waals surface area contributed by atoms with Crippen LogP contribution in [0.15, 0.2) is 30.6 Å². The first-order valence-electron chi connectivity index (χ1n) is 6.00. The molecular formula is C13H13ClN4O3. The standard InChI is InChI=1S/C13H13ClN4O3/c1-18(7-11-15-4-5-16-11)13(21)17-10-3-2-8(14)6-9(10)12(19)20/h2-6H,7H2,1H3,(H,15,16)(H,17,21)(H,19,20). The summed E-state index contributed by atoms with van der Waals surface area (Å²) in [7, 11) is 1.58. The molecule has 0 unspecified atom stereocenters. The highest BCUT2D eigenvalue weighted by Gasteiger charge is 2.16. The highest BCUT2D eigenvalue weighted by atomic mass is 35.5. The number of nitrogens with one attached hydrogen (secondary N) is 2. The maximum atomic E-state index is 12.0. The largest absolute Gasteiger partial charge is 0.478 e. The summed E-state index contributed by atoms with van der Waals surface area (Å²) in [5, 5.41) is 11.9. The highest BCUT2D eigenvalue weighted by Crippen LogP contribution is 2.21. The first kappa shape index (κ1) is 14.9. The second-order valence-electron chi connectivity index (χ2n) is 4.32. The molecule has 0 radical (unpaired) electrons. The van der Waals surface area contributed by atoms with E-state index >= 15 is 0 Å². The average molecular weight is 309 g/mol. The number of aromatic amines is 1. The first-order chi connectivity index (χ1) is 9.97. The average Bonchev–Trinajstić information content (AvgIpc) is 2.93. The number of rotatable bonds is 4. The number of carbonyl (C=O) groups excluding carboxylic acids is 1. The molecule has 2 amide bonds.